The molecule has 7 nitrogen and oxygen atoms in total. The first-order valence-corrected chi connectivity index (χ1v) is 6.67. The summed E-state index contributed by atoms with van der Waals surface area (Å²) in [6.45, 7) is 6.56. The van der Waals surface area contributed by atoms with E-state index < -0.39 is 4.92 Å². The predicted molar refractivity (Wildman–Crippen MR) is 79.1 cm³/mol. The van der Waals surface area contributed by atoms with E-state index in [1.54, 1.807) is 0 Å². The lowest BCUT2D eigenvalue weighted by atomic mass is 10.0. The van der Waals surface area contributed by atoms with Gasteiger partial charge in [0.05, 0.1) is 17.1 Å². The molecule has 0 spiro atoms. The number of nitrogens with zero attached hydrogens (tertiary/aromatic N) is 2. The highest BCUT2D eigenvalue weighted by molar-refractivity contribution is 5.55. The SMILES string of the molecule is CCCNc1cc([N+](=O)[O-])cc(NC(C)(C)CCO)n1. The van der Waals surface area contributed by atoms with Crippen LogP contribution in [-0.4, -0.2) is 33.7 Å². The fourth-order valence-electron chi connectivity index (χ4n) is 1.72. The minimum atomic E-state index is -0.441. The molecule has 0 amide bonds. The minimum absolute atomic E-state index is 0.0131. The summed E-state index contributed by atoms with van der Waals surface area (Å²) >= 11 is 0. The summed E-state index contributed by atoms with van der Waals surface area (Å²) in [5.41, 5.74) is -0.403. The standard InChI is InChI=1S/C13H22N4O3/c1-4-6-14-11-8-10(17(19)20)9-12(15-11)16-13(2,3)5-7-18/h8-9,18H,4-7H2,1-3H3,(H2,14,15,16). The lowest BCUT2D eigenvalue weighted by molar-refractivity contribution is -0.384. The quantitative estimate of drug-likeness (QED) is 0.500. The van der Waals surface area contributed by atoms with Gasteiger partial charge in [-0.2, -0.15) is 0 Å². The molecule has 0 saturated carbocycles. The first-order valence-electron chi connectivity index (χ1n) is 6.67. The highest BCUT2D eigenvalue weighted by Crippen LogP contribution is 2.24. The van der Waals surface area contributed by atoms with Crippen LogP contribution >= 0.6 is 0 Å². The monoisotopic (exact) mass is 282 g/mol. The van der Waals surface area contributed by atoms with Crippen LogP contribution in [0.1, 0.15) is 33.6 Å². The number of nitrogens with one attached hydrogen (secondary N) is 2. The van der Waals surface area contributed by atoms with Gasteiger partial charge in [-0.25, -0.2) is 4.98 Å². The van der Waals surface area contributed by atoms with Crippen LogP contribution in [0, 0.1) is 10.1 Å². The fourth-order valence-corrected chi connectivity index (χ4v) is 1.72. The van der Waals surface area contributed by atoms with E-state index in [2.05, 4.69) is 15.6 Å². The highest BCUT2D eigenvalue weighted by Gasteiger charge is 2.19. The highest BCUT2D eigenvalue weighted by atomic mass is 16.6. The van der Waals surface area contributed by atoms with E-state index in [4.69, 9.17) is 5.11 Å². The van der Waals surface area contributed by atoms with Crippen molar-refractivity contribution < 1.29 is 10.0 Å². The number of hydrogen-bond donors (Lipinski definition) is 3. The number of aliphatic hydroxyl groups is 1. The van der Waals surface area contributed by atoms with E-state index in [9.17, 15) is 10.1 Å². The molecule has 0 atom stereocenters. The third kappa shape index (κ3) is 5.00. The molecule has 0 aliphatic rings. The third-order valence-corrected chi connectivity index (χ3v) is 2.78. The normalized spacial score (nSPS) is 11.2. The molecule has 0 aromatic carbocycles. The lowest BCUT2D eigenvalue weighted by Crippen LogP contribution is -2.32. The summed E-state index contributed by atoms with van der Waals surface area (Å²) in [6, 6.07) is 2.82. The van der Waals surface area contributed by atoms with Gasteiger partial charge in [0, 0.05) is 18.7 Å². The van der Waals surface area contributed by atoms with Gasteiger partial charge in [-0.15, -0.1) is 0 Å². The molecular weight excluding hydrogens is 260 g/mol. The Morgan fingerprint density at radius 3 is 2.60 bits per heavy atom. The van der Waals surface area contributed by atoms with Crippen LogP contribution in [0.5, 0.6) is 0 Å². The second kappa shape index (κ2) is 7.04. The van der Waals surface area contributed by atoms with Gasteiger partial charge in [0.15, 0.2) is 0 Å². The van der Waals surface area contributed by atoms with Gasteiger partial charge >= 0.3 is 0 Å². The topological polar surface area (TPSA) is 100 Å². The summed E-state index contributed by atoms with van der Waals surface area (Å²) in [7, 11) is 0. The molecule has 7 heteroatoms. The average Bonchev–Trinajstić information content (AvgIpc) is 2.35. The van der Waals surface area contributed by atoms with Crippen LogP contribution in [0.2, 0.25) is 0 Å². The smallest absolute Gasteiger partial charge is 0.276 e. The molecule has 3 N–H and O–H groups in total. The summed E-state index contributed by atoms with van der Waals surface area (Å²) in [5, 5.41) is 26.1. The van der Waals surface area contributed by atoms with Crippen molar-refractivity contribution in [3.05, 3.63) is 22.2 Å². The number of anilines is 2. The lowest BCUT2D eigenvalue weighted by Gasteiger charge is -2.26. The molecule has 0 bridgehead atoms. The van der Waals surface area contributed by atoms with Crippen LogP contribution in [0.15, 0.2) is 12.1 Å². The van der Waals surface area contributed by atoms with E-state index in [1.807, 2.05) is 20.8 Å². The molecule has 112 valence electrons. The van der Waals surface area contributed by atoms with Gasteiger partial charge in [0.2, 0.25) is 0 Å². The zero-order chi connectivity index (χ0) is 15.2. The second-order valence-electron chi connectivity index (χ2n) is 5.26. The minimum Gasteiger partial charge on any atom is -0.396 e. The molecule has 0 aliphatic carbocycles. The van der Waals surface area contributed by atoms with Crippen LogP contribution in [0.4, 0.5) is 17.3 Å². The molecule has 1 aromatic heterocycles. The number of hydrogen-bond acceptors (Lipinski definition) is 6. The summed E-state index contributed by atoms with van der Waals surface area (Å²) < 4.78 is 0. The van der Waals surface area contributed by atoms with Crippen molar-refractivity contribution in [1.82, 2.24) is 4.98 Å². The van der Waals surface area contributed by atoms with Crippen molar-refractivity contribution in [2.45, 2.75) is 39.2 Å². The Morgan fingerprint density at radius 2 is 2.05 bits per heavy atom. The average molecular weight is 282 g/mol. The Kier molecular flexibility index (Phi) is 5.69. The Labute approximate surface area is 118 Å². The van der Waals surface area contributed by atoms with Crippen molar-refractivity contribution in [1.29, 1.82) is 0 Å². The number of pyridine rings is 1. The van der Waals surface area contributed by atoms with Crippen molar-refractivity contribution in [3.63, 3.8) is 0 Å². The van der Waals surface area contributed by atoms with Gasteiger partial charge in [0.25, 0.3) is 5.69 Å². The number of aromatic nitrogens is 1. The maximum atomic E-state index is 11.0. The molecule has 0 aliphatic heterocycles. The maximum absolute atomic E-state index is 11.0. The Hall–Kier alpha value is -1.89. The summed E-state index contributed by atoms with van der Waals surface area (Å²) in [6.07, 6.45) is 1.43. The van der Waals surface area contributed by atoms with Gasteiger partial charge in [-0.05, 0) is 26.7 Å². The molecule has 20 heavy (non-hydrogen) atoms. The molecule has 0 unspecified atom stereocenters. The molecule has 1 heterocycles. The molecule has 1 aromatic rings. The number of rotatable bonds is 8. The van der Waals surface area contributed by atoms with Crippen molar-refractivity contribution in [3.8, 4) is 0 Å². The van der Waals surface area contributed by atoms with E-state index in [-0.39, 0.29) is 17.8 Å². The predicted octanol–water partition coefficient (Wildman–Crippen LogP) is 2.38. The fraction of sp³-hybridized carbons (Fsp3) is 0.615. The Bertz CT molecular complexity index is 463. The molecule has 0 fully saturated rings. The first-order chi connectivity index (χ1) is 9.38. The van der Waals surface area contributed by atoms with Crippen LogP contribution in [0.25, 0.3) is 0 Å². The van der Waals surface area contributed by atoms with Crippen LogP contribution in [-0.2, 0) is 0 Å². The van der Waals surface area contributed by atoms with Gasteiger partial charge in [-0.3, -0.25) is 10.1 Å². The van der Waals surface area contributed by atoms with Crippen molar-refractivity contribution in [2.75, 3.05) is 23.8 Å². The Balaban J connectivity index is 2.99. The zero-order valence-corrected chi connectivity index (χ0v) is 12.1. The van der Waals surface area contributed by atoms with Crippen molar-refractivity contribution in [2.24, 2.45) is 0 Å². The van der Waals surface area contributed by atoms with Gasteiger partial charge < -0.3 is 15.7 Å². The van der Waals surface area contributed by atoms with E-state index in [0.29, 0.717) is 24.6 Å². The molecule has 0 saturated heterocycles. The van der Waals surface area contributed by atoms with Crippen LogP contribution in [0.3, 0.4) is 0 Å². The molecular formula is C13H22N4O3. The third-order valence-electron chi connectivity index (χ3n) is 2.78. The molecule has 0 radical (unpaired) electrons. The van der Waals surface area contributed by atoms with Crippen molar-refractivity contribution >= 4 is 17.3 Å². The summed E-state index contributed by atoms with van der Waals surface area (Å²) in [5.74, 6) is 0.902. The molecule has 1 rings (SSSR count). The van der Waals surface area contributed by atoms with E-state index in [1.165, 1.54) is 12.1 Å². The van der Waals surface area contributed by atoms with Gasteiger partial charge in [0.1, 0.15) is 11.6 Å². The largest absolute Gasteiger partial charge is 0.396 e. The van der Waals surface area contributed by atoms with E-state index in [0.717, 1.165) is 6.42 Å². The number of nitro groups is 1. The second-order valence-corrected chi connectivity index (χ2v) is 5.26. The first kappa shape index (κ1) is 16.2. The zero-order valence-electron chi connectivity index (χ0n) is 12.1. The van der Waals surface area contributed by atoms with Gasteiger partial charge in [-0.1, -0.05) is 6.92 Å². The van der Waals surface area contributed by atoms with E-state index >= 15 is 0 Å². The number of aliphatic hydroxyl groups excluding tert-OH is 1. The summed E-state index contributed by atoms with van der Waals surface area (Å²) in [4.78, 5) is 14.8. The van der Waals surface area contributed by atoms with Crippen LogP contribution < -0.4 is 10.6 Å². The Morgan fingerprint density at radius 1 is 1.40 bits per heavy atom. The maximum Gasteiger partial charge on any atom is 0.276 e.